The number of nitrogens with zero attached hydrogens (tertiary/aromatic N) is 3. The number of carbonyl (C=O) groups excluding carboxylic acids is 1. The number of hydrogen-bond donors (Lipinski definition) is 0. The first-order valence-corrected chi connectivity index (χ1v) is 12.3. The van der Waals surface area contributed by atoms with E-state index in [4.69, 9.17) is 9.47 Å². The van der Waals surface area contributed by atoms with Crippen molar-refractivity contribution in [2.24, 2.45) is 0 Å². The first-order valence-electron chi connectivity index (χ1n) is 10.9. The van der Waals surface area contributed by atoms with Crippen LogP contribution in [-0.4, -0.2) is 67.9 Å². The van der Waals surface area contributed by atoms with E-state index in [0.717, 1.165) is 16.5 Å². The molecule has 3 heterocycles. The molecular formula is C24H25N3O5S. The van der Waals surface area contributed by atoms with Gasteiger partial charge in [0.15, 0.2) is 11.5 Å². The molecule has 0 unspecified atom stereocenters. The number of pyridine rings is 1. The van der Waals surface area contributed by atoms with E-state index in [1.807, 2.05) is 38.1 Å². The highest BCUT2D eigenvalue weighted by atomic mass is 32.2. The highest BCUT2D eigenvalue weighted by molar-refractivity contribution is 7.89. The number of ether oxygens (including phenoxy) is 2. The topological polar surface area (TPSA) is 89.0 Å². The normalized spacial score (nSPS) is 16.7. The van der Waals surface area contributed by atoms with Crippen LogP contribution in [0.4, 0.5) is 0 Å². The predicted octanol–water partition coefficient (Wildman–Crippen LogP) is 2.77. The number of hydrogen-bond acceptors (Lipinski definition) is 6. The second-order valence-corrected chi connectivity index (χ2v) is 10.3. The zero-order valence-electron chi connectivity index (χ0n) is 18.6. The fraction of sp³-hybridized carbons (Fsp3) is 0.333. The van der Waals surface area contributed by atoms with Crippen LogP contribution in [0.1, 0.15) is 21.6 Å². The molecule has 1 saturated heterocycles. The van der Waals surface area contributed by atoms with Gasteiger partial charge in [-0.15, -0.1) is 0 Å². The minimum Gasteiger partial charge on any atom is -0.486 e. The number of carbonyl (C=O) groups is 1. The fourth-order valence-electron chi connectivity index (χ4n) is 4.23. The molecule has 0 aliphatic carbocycles. The number of amides is 1. The van der Waals surface area contributed by atoms with Gasteiger partial charge in [-0.1, -0.05) is 12.1 Å². The van der Waals surface area contributed by atoms with E-state index in [1.165, 1.54) is 16.4 Å². The third kappa shape index (κ3) is 4.02. The number of fused-ring (bicyclic) bond motifs is 2. The molecule has 0 bridgehead atoms. The lowest BCUT2D eigenvalue weighted by Crippen LogP contribution is -2.50. The van der Waals surface area contributed by atoms with Gasteiger partial charge >= 0.3 is 0 Å². The molecule has 0 spiro atoms. The Morgan fingerprint density at radius 2 is 1.64 bits per heavy atom. The van der Waals surface area contributed by atoms with Gasteiger partial charge in [0, 0.05) is 37.6 Å². The van der Waals surface area contributed by atoms with E-state index in [9.17, 15) is 13.2 Å². The van der Waals surface area contributed by atoms with E-state index in [2.05, 4.69) is 4.98 Å². The monoisotopic (exact) mass is 467 g/mol. The van der Waals surface area contributed by atoms with Crippen LogP contribution in [0.25, 0.3) is 10.9 Å². The molecule has 0 atom stereocenters. The molecule has 8 nitrogen and oxygen atoms in total. The second-order valence-electron chi connectivity index (χ2n) is 8.32. The van der Waals surface area contributed by atoms with E-state index < -0.39 is 10.0 Å². The molecule has 1 fully saturated rings. The van der Waals surface area contributed by atoms with Crippen molar-refractivity contribution in [1.82, 2.24) is 14.2 Å². The lowest BCUT2D eigenvalue weighted by molar-refractivity contribution is 0.0697. The zero-order chi connectivity index (χ0) is 23.2. The van der Waals surface area contributed by atoms with Crippen molar-refractivity contribution in [2.75, 3.05) is 39.4 Å². The highest BCUT2D eigenvalue weighted by Crippen LogP contribution is 2.33. The van der Waals surface area contributed by atoms with Gasteiger partial charge in [-0.2, -0.15) is 4.31 Å². The molecule has 5 rings (SSSR count). The molecule has 33 heavy (non-hydrogen) atoms. The maximum atomic E-state index is 13.2. The van der Waals surface area contributed by atoms with Gasteiger partial charge in [0.1, 0.15) is 13.2 Å². The molecule has 0 radical (unpaired) electrons. The minimum atomic E-state index is -3.70. The van der Waals surface area contributed by atoms with E-state index in [-0.39, 0.29) is 23.9 Å². The molecular weight excluding hydrogens is 442 g/mol. The molecule has 0 saturated carbocycles. The molecule has 0 N–H and O–H groups in total. The van der Waals surface area contributed by atoms with Crippen LogP contribution in [0.15, 0.2) is 47.4 Å². The molecule has 9 heteroatoms. The zero-order valence-corrected chi connectivity index (χ0v) is 19.4. The van der Waals surface area contributed by atoms with Crippen molar-refractivity contribution in [3.8, 4) is 11.5 Å². The summed E-state index contributed by atoms with van der Waals surface area (Å²) in [5.41, 5.74) is 3.20. The average Bonchev–Trinajstić information content (AvgIpc) is 2.83. The van der Waals surface area contributed by atoms with E-state index in [1.54, 1.807) is 11.0 Å². The summed E-state index contributed by atoms with van der Waals surface area (Å²) in [6.45, 7) is 5.75. The second kappa shape index (κ2) is 8.31. The third-order valence-corrected chi connectivity index (χ3v) is 7.97. The number of aromatic nitrogens is 1. The van der Waals surface area contributed by atoms with Crippen LogP contribution in [0.2, 0.25) is 0 Å². The summed E-state index contributed by atoms with van der Waals surface area (Å²) in [7, 11) is -3.70. The van der Waals surface area contributed by atoms with E-state index in [0.29, 0.717) is 49.1 Å². The smallest absolute Gasteiger partial charge is 0.255 e. The summed E-state index contributed by atoms with van der Waals surface area (Å²) < 4.78 is 38.7. The molecule has 2 aliphatic heterocycles. The van der Waals surface area contributed by atoms with Crippen LogP contribution < -0.4 is 9.47 Å². The van der Waals surface area contributed by atoms with Crippen molar-refractivity contribution >= 4 is 26.8 Å². The standard InChI is InChI=1S/C24H25N3O5S/c1-16-3-4-18-14-20(17(2)25-21(18)13-16)24(28)26-7-9-27(10-8-26)33(29,30)19-5-6-22-23(15-19)32-12-11-31-22/h3-6,13-15H,7-12H2,1-2H3. The number of piperazine rings is 1. The Morgan fingerprint density at radius 1 is 0.909 bits per heavy atom. The Labute approximate surface area is 192 Å². The van der Waals surface area contributed by atoms with Gasteiger partial charge in [-0.05, 0) is 43.7 Å². The quantitative estimate of drug-likeness (QED) is 0.589. The average molecular weight is 468 g/mol. The van der Waals surface area contributed by atoms with Crippen molar-refractivity contribution in [2.45, 2.75) is 18.7 Å². The molecule has 1 aromatic heterocycles. The Kier molecular flexibility index (Phi) is 5.46. The van der Waals surface area contributed by atoms with Crippen molar-refractivity contribution in [3.63, 3.8) is 0 Å². The summed E-state index contributed by atoms with van der Waals surface area (Å²) in [5.74, 6) is 0.856. The fourth-order valence-corrected chi connectivity index (χ4v) is 5.66. The summed E-state index contributed by atoms with van der Waals surface area (Å²) in [6.07, 6.45) is 0. The number of benzene rings is 2. The van der Waals surface area contributed by atoms with Gasteiger partial charge in [0.25, 0.3) is 5.91 Å². The number of aryl methyl sites for hydroxylation is 2. The summed E-state index contributed by atoms with van der Waals surface area (Å²) in [6, 6.07) is 12.5. The molecule has 2 aromatic carbocycles. The lowest BCUT2D eigenvalue weighted by Gasteiger charge is -2.34. The van der Waals surface area contributed by atoms with Crippen molar-refractivity contribution in [1.29, 1.82) is 0 Å². The number of rotatable bonds is 3. The SMILES string of the molecule is Cc1ccc2cc(C(=O)N3CCN(S(=O)(=O)c4ccc5c(c4)OCCO5)CC3)c(C)nc2c1. The van der Waals surface area contributed by atoms with Crippen molar-refractivity contribution in [3.05, 3.63) is 59.3 Å². The maximum Gasteiger partial charge on any atom is 0.255 e. The van der Waals surface area contributed by atoms with Gasteiger partial charge in [-0.25, -0.2) is 8.42 Å². The summed E-state index contributed by atoms with van der Waals surface area (Å²) >= 11 is 0. The maximum absolute atomic E-state index is 13.2. The Balaban J connectivity index is 1.31. The first kappa shape index (κ1) is 21.7. The Bertz CT molecular complexity index is 1350. The largest absolute Gasteiger partial charge is 0.486 e. The molecule has 172 valence electrons. The van der Waals surface area contributed by atoms with Crippen LogP contribution in [0.3, 0.4) is 0 Å². The van der Waals surface area contributed by atoms with Gasteiger partial charge < -0.3 is 14.4 Å². The van der Waals surface area contributed by atoms with Gasteiger partial charge in [0.2, 0.25) is 10.0 Å². The highest BCUT2D eigenvalue weighted by Gasteiger charge is 2.32. The minimum absolute atomic E-state index is 0.126. The van der Waals surface area contributed by atoms with E-state index >= 15 is 0 Å². The summed E-state index contributed by atoms with van der Waals surface area (Å²) in [5, 5.41) is 0.911. The first-order chi connectivity index (χ1) is 15.8. The van der Waals surface area contributed by atoms with Crippen LogP contribution in [-0.2, 0) is 10.0 Å². The predicted molar refractivity (Wildman–Crippen MR) is 123 cm³/mol. The number of sulfonamides is 1. The van der Waals surface area contributed by atoms with Crippen molar-refractivity contribution < 1.29 is 22.7 Å². The molecule has 3 aromatic rings. The van der Waals surface area contributed by atoms with Crippen LogP contribution in [0, 0.1) is 13.8 Å². The van der Waals surface area contributed by atoms with Gasteiger partial charge in [0.05, 0.1) is 21.7 Å². The lowest BCUT2D eigenvalue weighted by atomic mass is 10.1. The molecule has 1 amide bonds. The Morgan fingerprint density at radius 3 is 2.39 bits per heavy atom. The Hall–Kier alpha value is -3.17. The van der Waals surface area contributed by atoms with Gasteiger partial charge in [-0.3, -0.25) is 9.78 Å². The molecule has 2 aliphatic rings. The summed E-state index contributed by atoms with van der Waals surface area (Å²) in [4.78, 5) is 19.7. The van der Waals surface area contributed by atoms with Crippen LogP contribution >= 0.6 is 0 Å². The van der Waals surface area contributed by atoms with Crippen LogP contribution in [0.5, 0.6) is 11.5 Å². The third-order valence-electron chi connectivity index (χ3n) is 6.07.